The molecule has 0 radical (unpaired) electrons. The molecule has 0 saturated heterocycles. The molecule has 2 aromatic heterocycles. The Labute approximate surface area is 263 Å². The quantitative estimate of drug-likeness (QED) is 0.167. The van der Waals surface area contributed by atoms with Crippen molar-refractivity contribution in [3.05, 3.63) is 95.1 Å². The molecule has 0 amide bonds. The Kier molecular flexibility index (Phi) is 7.81. The predicted octanol–water partition coefficient (Wildman–Crippen LogP) is 10.8. The second kappa shape index (κ2) is 10.9. The van der Waals surface area contributed by atoms with E-state index in [4.69, 9.17) is 19.9 Å². The van der Waals surface area contributed by atoms with Gasteiger partial charge in [0.25, 0.3) is 0 Å². The van der Waals surface area contributed by atoms with E-state index in [0.29, 0.717) is 0 Å². The van der Waals surface area contributed by atoms with Crippen LogP contribution in [0.25, 0.3) is 44.1 Å². The first-order valence-electron chi connectivity index (χ1n) is 15.8. The molecule has 4 heteroatoms. The highest BCUT2D eigenvalue weighted by Gasteiger charge is 2.29. The molecule has 0 N–H and O–H groups in total. The molecule has 0 spiro atoms. The lowest BCUT2D eigenvalue weighted by Gasteiger charge is -2.30. The number of nitrogens with zero attached hydrogens (tertiary/aromatic N) is 4. The fraction of sp³-hybridized carbons (Fsp3) is 0.400. The summed E-state index contributed by atoms with van der Waals surface area (Å²) >= 11 is 0. The molecule has 6 aromatic rings. The standard InChI is InChI=1S/2C20H24N2/c1-19(2,3)13-11-17-18(12-14(13)20(4,5)6)22-16-10-8-7-9-15(16)21-17;1-19(2,3)13-11-12-16-18(17(13)20(4,5)6)22-15-10-8-7-9-14(15)21-16/h2*7-12H,1-6H3. The van der Waals surface area contributed by atoms with Gasteiger partial charge in [-0.1, -0.05) is 113 Å². The molecule has 4 aromatic carbocycles. The van der Waals surface area contributed by atoms with Crippen molar-refractivity contribution >= 4 is 44.1 Å². The summed E-state index contributed by atoms with van der Waals surface area (Å²) in [5.41, 5.74) is 13.5. The van der Waals surface area contributed by atoms with E-state index in [1.807, 2.05) is 48.5 Å². The molecule has 0 aliphatic carbocycles. The summed E-state index contributed by atoms with van der Waals surface area (Å²) < 4.78 is 0. The molecule has 0 aliphatic heterocycles. The molecule has 0 bridgehead atoms. The molecule has 6 rings (SSSR count). The first-order valence-corrected chi connectivity index (χ1v) is 15.8. The van der Waals surface area contributed by atoms with E-state index in [9.17, 15) is 0 Å². The average molecular weight is 585 g/mol. The lowest BCUT2D eigenvalue weighted by molar-refractivity contribution is 0.531. The van der Waals surface area contributed by atoms with E-state index in [2.05, 4.69) is 107 Å². The van der Waals surface area contributed by atoms with Gasteiger partial charge in [-0.2, -0.15) is 0 Å². The van der Waals surface area contributed by atoms with Crippen molar-refractivity contribution in [2.45, 2.75) is 105 Å². The van der Waals surface area contributed by atoms with Crippen molar-refractivity contribution in [3.63, 3.8) is 0 Å². The zero-order chi connectivity index (χ0) is 32.2. The number of para-hydroxylation sites is 4. The Morgan fingerprint density at radius 2 is 0.705 bits per heavy atom. The number of hydrogen-bond donors (Lipinski definition) is 0. The molecular weight excluding hydrogens is 536 g/mol. The maximum Gasteiger partial charge on any atom is 0.0934 e. The van der Waals surface area contributed by atoms with Gasteiger partial charge in [0.15, 0.2) is 0 Å². The maximum atomic E-state index is 4.96. The van der Waals surface area contributed by atoms with E-state index in [1.54, 1.807) is 0 Å². The third-order valence-corrected chi connectivity index (χ3v) is 8.16. The van der Waals surface area contributed by atoms with Gasteiger partial charge in [-0.25, -0.2) is 19.9 Å². The van der Waals surface area contributed by atoms with Gasteiger partial charge in [0, 0.05) is 0 Å². The van der Waals surface area contributed by atoms with Crippen molar-refractivity contribution in [1.29, 1.82) is 0 Å². The van der Waals surface area contributed by atoms with E-state index in [0.717, 1.165) is 44.1 Å². The molecule has 228 valence electrons. The molecular formula is C40H48N4. The molecule has 0 aliphatic rings. The van der Waals surface area contributed by atoms with E-state index in [1.165, 1.54) is 22.3 Å². The van der Waals surface area contributed by atoms with Gasteiger partial charge in [-0.05, 0) is 86.4 Å². The summed E-state index contributed by atoms with van der Waals surface area (Å²) in [5, 5.41) is 0. The summed E-state index contributed by atoms with van der Waals surface area (Å²) in [4.78, 5) is 19.4. The van der Waals surface area contributed by atoms with Crippen LogP contribution < -0.4 is 0 Å². The molecule has 2 heterocycles. The van der Waals surface area contributed by atoms with Crippen LogP contribution in [-0.2, 0) is 21.7 Å². The lowest BCUT2D eigenvalue weighted by atomic mass is 9.74. The second-order valence-corrected chi connectivity index (χ2v) is 16.2. The smallest absolute Gasteiger partial charge is 0.0934 e. The highest BCUT2D eigenvalue weighted by Crippen LogP contribution is 2.39. The first-order chi connectivity index (χ1) is 20.3. The zero-order valence-corrected chi connectivity index (χ0v) is 28.7. The Morgan fingerprint density at radius 1 is 0.341 bits per heavy atom. The number of fused-ring (bicyclic) bond motifs is 4. The van der Waals surface area contributed by atoms with Gasteiger partial charge < -0.3 is 0 Å². The Bertz CT molecular complexity index is 1880. The molecule has 44 heavy (non-hydrogen) atoms. The average Bonchev–Trinajstić information content (AvgIpc) is 2.92. The normalized spacial score (nSPS) is 13.0. The molecule has 4 nitrogen and oxygen atoms in total. The summed E-state index contributed by atoms with van der Waals surface area (Å²) in [6.45, 7) is 27.1. The Balaban J connectivity index is 0.000000175. The van der Waals surface area contributed by atoms with Crippen LogP contribution in [-0.4, -0.2) is 19.9 Å². The number of benzene rings is 4. The van der Waals surface area contributed by atoms with Crippen molar-refractivity contribution in [3.8, 4) is 0 Å². The van der Waals surface area contributed by atoms with Gasteiger partial charge >= 0.3 is 0 Å². The fourth-order valence-corrected chi connectivity index (χ4v) is 5.98. The summed E-state index contributed by atoms with van der Waals surface area (Å²) in [6, 6.07) is 25.0. The second-order valence-electron chi connectivity index (χ2n) is 16.2. The maximum absolute atomic E-state index is 4.96. The van der Waals surface area contributed by atoms with E-state index in [-0.39, 0.29) is 21.7 Å². The predicted molar refractivity (Wildman–Crippen MR) is 189 cm³/mol. The minimum absolute atomic E-state index is 0.0270. The molecule has 0 saturated carbocycles. The van der Waals surface area contributed by atoms with Gasteiger partial charge in [0.2, 0.25) is 0 Å². The van der Waals surface area contributed by atoms with Crippen LogP contribution in [0.1, 0.15) is 105 Å². The third kappa shape index (κ3) is 6.31. The van der Waals surface area contributed by atoms with Gasteiger partial charge in [-0.15, -0.1) is 0 Å². The fourth-order valence-electron chi connectivity index (χ4n) is 5.98. The minimum atomic E-state index is 0.0270. The highest BCUT2D eigenvalue weighted by atomic mass is 14.8. The van der Waals surface area contributed by atoms with E-state index >= 15 is 0 Å². The van der Waals surface area contributed by atoms with Crippen molar-refractivity contribution < 1.29 is 0 Å². The van der Waals surface area contributed by atoms with Crippen LogP contribution in [0.3, 0.4) is 0 Å². The van der Waals surface area contributed by atoms with Gasteiger partial charge in [-0.3, -0.25) is 0 Å². The topological polar surface area (TPSA) is 51.6 Å². The number of rotatable bonds is 0. The zero-order valence-electron chi connectivity index (χ0n) is 28.7. The van der Waals surface area contributed by atoms with Crippen molar-refractivity contribution in [2.24, 2.45) is 0 Å². The molecule has 0 fully saturated rings. The van der Waals surface area contributed by atoms with Gasteiger partial charge in [0.05, 0.1) is 44.1 Å². The SMILES string of the molecule is CC(C)(C)c1cc2nc3ccccc3nc2cc1C(C)(C)C.CC(C)(C)c1ccc2nc3ccccc3nc2c1C(C)(C)C. The number of hydrogen-bond acceptors (Lipinski definition) is 4. The van der Waals surface area contributed by atoms with Crippen LogP contribution >= 0.6 is 0 Å². The van der Waals surface area contributed by atoms with Crippen LogP contribution in [0.4, 0.5) is 0 Å². The Hall–Kier alpha value is -3.92. The largest absolute Gasteiger partial charge is 0.244 e. The third-order valence-electron chi connectivity index (χ3n) is 8.16. The first kappa shape index (κ1) is 31.5. The summed E-state index contributed by atoms with van der Waals surface area (Å²) in [7, 11) is 0. The Morgan fingerprint density at radius 3 is 1.07 bits per heavy atom. The molecule has 0 unspecified atom stereocenters. The van der Waals surface area contributed by atoms with Gasteiger partial charge in [0.1, 0.15) is 0 Å². The van der Waals surface area contributed by atoms with Crippen LogP contribution in [0.2, 0.25) is 0 Å². The van der Waals surface area contributed by atoms with Crippen LogP contribution in [0.15, 0.2) is 72.8 Å². The van der Waals surface area contributed by atoms with Crippen LogP contribution in [0.5, 0.6) is 0 Å². The number of aromatic nitrogens is 4. The lowest BCUT2D eigenvalue weighted by Crippen LogP contribution is -2.22. The van der Waals surface area contributed by atoms with E-state index < -0.39 is 0 Å². The minimum Gasteiger partial charge on any atom is -0.244 e. The highest BCUT2D eigenvalue weighted by molar-refractivity contribution is 5.90. The molecule has 0 atom stereocenters. The van der Waals surface area contributed by atoms with Crippen molar-refractivity contribution in [1.82, 2.24) is 19.9 Å². The van der Waals surface area contributed by atoms with Crippen molar-refractivity contribution in [2.75, 3.05) is 0 Å². The summed E-state index contributed by atoms with van der Waals surface area (Å²) in [6.07, 6.45) is 0. The monoisotopic (exact) mass is 584 g/mol. The summed E-state index contributed by atoms with van der Waals surface area (Å²) in [5.74, 6) is 0. The van der Waals surface area contributed by atoms with Crippen LogP contribution in [0, 0.1) is 0 Å².